The Morgan fingerprint density at radius 2 is 1.67 bits per heavy atom. The van der Waals surface area contributed by atoms with E-state index < -0.39 is 0 Å². The molecule has 6 nitrogen and oxygen atoms in total. The summed E-state index contributed by atoms with van der Waals surface area (Å²) in [4.78, 5) is 39.5. The van der Waals surface area contributed by atoms with Crippen LogP contribution in [0.4, 0.5) is 5.82 Å². The smallest absolute Gasteiger partial charge is 0.228 e. The van der Waals surface area contributed by atoms with E-state index in [9.17, 15) is 9.59 Å². The van der Waals surface area contributed by atoms with Crippen molar-refractivity contribution in [1.82, 2.24) is 14.9 Å². The predicted molar refractivity (Wildman–Crippen MR) is 127 cm³/mol. The first-order valence-electron chi connectivity index (χ1n) is 11.7. The first kappa shape index (κ1) is 21.3. The maximum absolute atomic E-state index is 13.1. The molecule has 2 aliphatic rings. The summed E-state index contributed by atoms with van der Waals surface area (Å²) in [6, 6.07) is 19.7. The third kappa shape index (κ3) is 4.38. The van der Waals surface area contributed by atoms with Crippen LogP contribution in [-0.4, -0.2) is 33.2 Å². The number of rotatable bonds is 5. The second kappa shape index (κ2) is 9.14. The molecule has 3 aromatic rings. The van der Waals surface area contributed by atoms with E-state index >= 15 is 0 Å². The summed E-state index contributed by atoms with van der Waals surface area (Å²) in [6.45, 7) is 3.19. The summed E-state index contributed by atoms with van der Waals surface area (Å²) < 4.78 is 0. The molecule has 1 saturated heterocycles. The van der Waals surface area contributed by atoms with E-state index in [4.69, 9.17) is 9.97 Å². The zero-order valence-corrected chi connectivity index (χ0v) is 18.9. The number of likely N-dealkylation sites (tertiary alicyclic amines) is 1. The van der Waals surface area contributed by atoms with Crippen LogP contribution in [0.5, 0.6) is 0 Å². The van der Waals surface area contributed by atoms with Crippen molar-refractivity contribution in [3.05, 3.63) is 88.9 Å². The normalized spacial score (nSPS) is 17.8. The fraction of sp³-hybridized carbons (Fsp3) is 0.333. The third-order valence-electron chi connectivity index (χ3n) is 6.61. The Hall–Kier alpha value is -3.54. The molecule has 2 aliphatic heterocycles. The fourth-order valence-corrected chi connectivity index (χ4v) is 4.89. The largest absolute Gasteiger partial charge is 0.332 e. The van der Waals surface area contributed by atoms with Crippen LogP contribution >= 0.6 is 0 Å². The molecule has 2 aromatic carbocycles. The number of carbonyl (C=O) groups excluding carboxylic acids is 2. The molecule has 168 valence electrons. The second-order valence-electron chi connectivity index (χ2n) is 8.84. The molecular weight excluding hydrogens is 412 g/mol. The zero-order valence-electron chi connectivity index (χ0n) is 18.9. The Labute approximate surface area is 194 Å². The molecule has 0 aliphatic carbocycles. The maximum Gasteiger partial charge on any atom is 0.228 e. The highest BCUT2D eigenvalue weighted by Gasteiger charge is 2.35. The molecule has 0 unspecified atom stereocenters. The number of aryl methyl sites for hydroxylation is 1. The molecule has 3 heterocycles. The quantitative estimate of drug-likeness (QED) is 0.597. The molecule has 0 saturated carbocycles. The van der Waals surface area contributed by atoms with Gasteiger partial charge in [0.15, 0.2) is 5.82 Å². The topological polar surface area (TPSA) is 66.4 Å². The number of hydrogen-bond donors (Lipinski definition) is 0. The standard InChI is InChI=1S/C27H28N4O2/c1-19-22-14-15-24(32)31(18-21-11-6-3-7-12-21)27(22)29-26(28-19)23-13-8-16-30(23)25(33)17-20-9-4-2-5-10-20/h2-7,9-12,23H,8,13-18H2,1H3/t23-/m1/s1. The van der Waals surface area contributed by atoms with Crippen LogP contribution in [0.2, 0.25) is 0 Å². The highest BCUT2D eigenvalue weighted by atomic mass is 16.2. The predicted octanol–water partition coefficient (Wildman–Crippen LogP) is 4.17. The van der Waals surface area contributed by atoms with E-state index in [0.29, 0.717) is 44.0 Å². The van der Waals surface area contributed by atoms with Gasteiger partial charge in [-0.2, -0.15) is 0 Å². The summed E-state index contributed by atoms with van der Waals surface area (Å²) in [6.07, 6.45) is 3.27. The second-order valence-corrected chi connectivity index (χ2v) is 8.84. The van der Waals surface area contributed by atoms with Crippen LogP contribution in [0, 0.1) is 6.92 Å². The average molecular weight is 441 g/mol. The molecule has 33 heavy (non-hydrogen) atoms. The minimum atomic E-state index is -0.152. The Kier molecular flexibility index (Phi) is 5.90. The van der Waals surface area contributed by atoms with Gasteiger partial charge in [-0.3, -0.25) is 14.5 Å². The average Bonchev–Trinajstić information content (AvgIpc) is 3.32. The Bertz CT molecular complexity index is 1160. The number of nitrogens with zero attached hydrogens (tertiary/aromatic N) is 4. The van der Waals surface area contributed by atoms with Gasteiger partial charge in [-0.1, -0.05) is 60.7 Å². The van der Waals surface area contributed by atoms with E-state index in [1.54, 1.807) is 4.90 Å². The van der Waals surface area contributed by atoms with Crippen molar-refractivity contribution in [2.45, 2.75) is 51.6 Å². The fourth-order valence-electron chi connectivity index (χ4n) is 4.89. The van der Waals surface area contributed by atoms with Crippen LogP contribution in [-0.2, 0) is 29.0 Å². The molecule has 0 N–H and O–H groups in total. The molecule has 1 atom stereocenters. The molecule has 1 fully saturated rings. The number of carbonyl (C=O) groups is 2. The van der Waals surface area contributed by atoms with Crippen LogP contribution in [0.25, 0.3) is 0 Å². The van der Waals surface area contributed by atoms with E-state index in [0.717, 1.165) is 35.2 Å². The van der Waals surface area contributed by atoms with Crippen molar-refractivity contribution in [3.63, 3.8) is 0 Å². The van der Waals surface area contributed by atoms with Gasteiger partial charge in [0.1, 0.15) is 5.82 Å². The lowest BCUT2D eigenvalue weighted by molar-refractivity contribution is -0.131. The number of benzene rings is 2. The number of amides is 2. The van der Waals surface area contributed by atoms with E-state index in [1.165, 1.54) is 0 Å². The van der Waals surface area contributed by atoms with Crippen LogP contribution in [0.1, 0.15) is 53.5 Å². The summed E-state index contributed by atoms with van der Waals surface area (Å²) in [5.74, 6) is 1.54. The minimum absolute atomic E-state index is 0.0823. The van der Waals surface area contributed by atoms with Gasteiger partial charge in [0, 0.05) is 24.2 Å². The van der Waals surface area contributed by atoms with Gasteiger partial charge in [0.2, 0.25) is 11.8 Å². The Balaban J connectivity index is 1.45. The van der Waals surface area contributed by atoms with Gasteiger partial charge in [-0.05, 0) is 37.3 Å². The van der Waals surface area contributed by atoms with E-state index in [2.05, 4.69) is 0 Å². The van der Waals surface area contributed by atoms with Gasteiger partial charge in [0.05, 0.1) is 19.0 Å². The van der Waals surface area contributed by atoms with Crippen molar-refractivity contribution >= 4 is 17.6 Å². The van der Waals surface area contributed by atoms with Crippen LogP contribution in [0.15, 0.2) is 60.7 Å². The Morgan fingerprint density at radius 3 is 2.39 bits per heavy atom. The van der Waals surface area contributed by atoms with E-state index in [1.807, 2.05) is 72.5 Å². The van der Waals surface area contributed by atoms with Crippen molar-refractivity contribution in [2.75, 3.05) is 11.4 Å². The molecular formula is C27H28N4O2. The minimum Gasteiger partial charge on any atom is -0.332 e. The first-order chi connectivity index (χ1) is 16.1. The molecule has 2 amide bonds. The van der Waals surface area contributed by atoms with Crippen molar-refractivity contribution in [1.29, 1.82) is 0 Å². The Morgan fingerprint density at radius 1 is 0.970 bits per heavy atom. The van der Waals surface area contributed by atoms with Gasteiger partial charge in [0.25, 0.3) is 0 Å². The number of aromatic nitrogens is 2. The van der Waals surface area contributed by atoms with Gasteiger partial charge in [-0.25, -0.2) is 9.97 Å². The number of fused-ring (bicyclic) bond motifs is 1. The number of anilines is 1. The summed E-state index contributed by atoms with van der Waals surface area (Å²) in [5, 5.41) is 0. The van der Waals surface area contributed by atoms with Crippen molar-refractivity contribution in [3.8, 4) is 0 Å². The lowest BCUT2D eigenvalue weighted by Gasteiger charge is -2.31. The van der Waals surface area contributed by atoms with Gasteiger partial charge < -0.3 is 4.90 Å². The summed E-state index contributed by atoms with van der Waals surface area (Å²) in [7, 11) is 0. The molecule has 0 spiro atoms. The monoisotopic (exact) mass is 440 g/mol. The van der Waals surface area contributed by atoms with Crippen LogP contribution in [0.3, 0.4) is 0 Å². The maximum atomic E-state index is 13.1. The first-order valence-corrected chi connectivity index (χ1v) is 11.7. The van der Waals surface area contributed by atoms with Gasteiger partial charge in [-0.15, -0.1) is 0 Å². The van der Waals surface area contributed by atoms with Crippen molar-refractivity contribution < 1.29 is 9.59 Å². The summed E-state index contributed by atoms with van der Waals surface area (Å²) in [5.41, 5.74) is 4.02. The molecule has 5 rings (SSSR count). The molecule has 1 aromatic heterocycles. The van der Waals surface area contributed by atoms with Crippen LogP contribution < -0.4 is 4.90 Å². The molecule has 6 heteroatoms. The van der Waals surface area contributed by atoms with Crippen molar-refractivity contribution in [2.24, 2.45) is 0 Å². The van der Waals surface area contributed by atoms with E-state index in [-0.39, 0.29) is 17.9 Å². The highest BCUT2D eigenvalue weighted by Crippen LogP contribution is 2.35. The highest BCUT2D eigenvalue weighted by molar-refractivity contribution is 5.95. The lowest BCUT2D eigenvalue weighted by Crippen LogP contribution is -2.37. The SMILES string of the molecule is Cc1nc([C@H]2CCCN2C(=O)Cc2ccccc2)nc2c1CCC(=O)N2Cc1ccccc1. The third-order valence-corrected chi connectivity index (χ3v) is 6.61. The number of hydrogen-bond acceptors (Lipinski definition) is 4. The molecule has 0 radical (unpaired) electrons. The summed E-state index contributed by atoms with van der Waals surface area (Å²) >= 11 is 0. The lowest BCUT2D eigenvalue weighted by atomic mass is 10.0. The zero-order chi connectivity index (χ0) is 22.8. The van der Waals surface area contributed by atoms with Gasteiger partial charge >= 0.3 is 0 Å². The molecule has 0 bridgehead atoms.